The molecule has 1 rings (SSSR count). The number of nitrogens with two attached hydrogens (primary N) is 1. The standard InChI is InChI=1S/C13H28N4O/c1-4-15-12(13(14)18)10-16(3)11-6-8-17(5-2)9-7-11/h11-12,15H,4-10H2,1-3H3,(H2,14,18). The van der Waals surface area contributed by atoms with E-state index in [4.69, 9.17) is 5.73 Å². The summed E-state index contributed by atoms with van der Waals surface area (Å²) < 4.78 is 0. The van der Waals surface area contributed by atoms with Gasteiger partial charge in [0.25, 0.3) is 0 Å². The summed E-state index contributed by atoms with van der Waals surface area (Å²) in [6.45, 7) is 9.14. The van der Waals surface area contributed by atoms with Gasteiger partial charge in [0, 0.05) is 12.6 Å². The van der Waals surface area contributed by atoms with Crippen molar-refractivity contribution >= 4 is 5.91 Å². The number of likely N-dealkylation sites (tertiary alicyclic amines) is 1. The fourth-order valence-corrected chi connectivity index (χ4v) is 2.61. The number of piperidine rings is 1. The molecule has 0 aromatic rings. The van der Waals surface area contributed by atoms with Gasteiger partial charge in [0.15, 0.2) is 0 Å². The highest BCUT2D eigenvalue weighted by molar-refractivity contribution is 5.80. The van der Waals surface area contributed by atoms with Crippen LogP contribution in [0.1, 0.15) is 26.7 Å². The molecule has 0 saturated carbocycles. The van der Waals surface area contributed by atoms with Gasteiger partial charge < -0.3 is 20.9 Å². The third kappa shape index (κ3) is 4.55. The van der Waals surface area contributed by atoms with Crippen LogP contribution in [0.3, 0.4) is 0 Å². The topological polar surface area (TPSA) is 61.6 Å². The lowest BCUT2D eigenvalue weighted by atomic mass is 10.0. The predicted octanol–water partition coefficient (Wildman–Crippen LogP) is -0.134. The first kappa shape index (κ1) is 15.4. The molecule has 18 heavy (non-hydrogen) atoms. The lowest BCUT2D eigenvalue weighted by molar-refractivity contribution is -0.120. The number of amides is 1. The Hall–Kier alpha value is -0.650. The van der Waals surface area contributed by atoms with Crippen LogP contribution < -0.4 is 11.1 Å². The predicted molar refractivity (Wildman–Crippen MR) is 74.4 cm³/mol. The van der Waals surface area contributed by atoms with E-state index in [0.717, 1.165) is 26.2 Å². The molecular weight excluding hydrogens is 228 g/mol. The summed E-state index contributed by atoms with van der Waals surface area (Å²) >= 11 is 0. The van der Waals surface area contributed by atoms with Crippen molar-refractivity contribution in [2.24, 2.45) is 5.73 Å². The number of hydrogen-bond acceptors (Lipinski definition) is 4. The van der Waals surface area contributed by atoms with Crippen molar-refractivity contribution in [3.8, 4) is 0 Å². The van der Waals surface area contributed by atoms with Crippen LogP contribution in [-0.4, -0.2) is 67.6 Å². The Morgan fingerprint density at radius 2 is 2.06 bits per heavy atom. The van der Waals surface area contributed by atoms with Gasteiger partial charge >= 0.3 is 0 Å². The van der Waals surface area contributed by atoms with E-state index in [-0.39, 0.29) is 11.9 Å². The number of likely N-dealkylation sites (N-methyl/N-ethyl adjacent to an activating group) is 2. The van der Waals surface area contributed by atoms with Crippen molar-refractivity contribution < 1.29 is 4.79 Å². The Balaban J connectivity index is 2.39. The molecule has 1 heterocycles. The zero-order valence-electron chi connectivity index (χ0n) is 12.0. The van der Waals surface area contributed by atoms with Crippen molar-refractivity contribution in [1.82, 2.24) is 15.1 Å². The van der Waals surface area contributed by atoms with Crippen molar-refractivity contribution in [3.05, 3.63) is 0 Å². The molecule has 1 amide bonds. The second-order valence-electron chi connectivity index (χ2n) is 5.12. The summed E-state index contributed by atoms with van der Waals surface area (Å²) in [4.78, 5) is 16.1. The molecule has 1 saturated heterocycles. The van der Waals surface area contributed by atoms with Crippen LogP contribution >= 0.6 is 0 Å². The highest BCUT2D eigenvalue weighted by atomic mass is 16.1. The normalized spacial score (nSPS) is 20.2. The van der Waals surface area contributed by atoms with Crippen LogP contribution in [0, 0.1) is 0 Å². The van der Waals surface area contributed by atoms with Gasteiger partial charge in [-0.25, -0.2) is 0 Å². The molecule has 1 fully saturated rings. The van der Waals surface area contributed by atoms with Crippen LogP contribution in [0.2, 0.25) is 0 Å². The van der Waals surface area contributed by atoms with Crippen LogP contribution in [0.5, 0.6) is 0 Å². The third-order valence-corrected chi connectivity index (χ3v) is 3.89. The Morgan fingerprint density at radius 3 is 2.50 bits per heavy atom. The van der Waals surface area contributed by atoms with Gasteiger partial charge in [-0.1, -0.05) is 13.8 Å². The van der Waals surface area contributed by atoms with Crippen molar-refractivity contribution in [3.63, 3.8) is 0 Å². The van der Waals surface area contributed by atoms with Gasteiger partial charge in [-0.2, -0.15) is 0 Å². The highest BCUT2D eigenvalue weighted by Gasteiger charge is 2.24. The summed E-state index contributed by atoms with van der Waals surface area (Å²) in [6, 6.07) is 0.345. The summed E-state index contributed by atoms with van der Waals surface area (Å²) in [5.74, 6) is -0.255. The molecule has 106 valence electrons. The minimum Gasteiger partial charge on any atom is -0.368 e. The molecule has 0 bridgehead atoms. The summed E-state index contributed by atoms with van der Waals surface area (Å²) in [6.07, 6.45) is 2.36. The molecule has 0 spiro atoms. The molecule has 0 aromatic heterocycles. The molecule has 5 heteroatoms. The molecule has 1 aliphatic heterocycles. The van der Waals surface area contributed by atoms with E-state index in [1.165, 1.54) is 12.8 Å². The first-order valence-corrected chi connectivity index (χ1v) is 7.03. The Morgan fingerprint density at radius 1 is 1.44 bits per heavy atom. The second kappa shape index (κ2) is 7.71. The SMILES string of the molecule is CCNC(CN(C)C1CCN(CC)CC1)C(N)=O. The number of carbonyl (C=O) groups excluding carboxylic acids is 1. The number of nitrogens with zero attached hydrogens (tertiary/aromatic N) is 2. The van der Waals surface area contributed by atoms with E-state index in [2.05, 4.69) is 29.1 Å². The molecule has 0 aliphatic carbocycles. The van der Waals surface area contributed by atoms with Crippen molar-refractivity contribution in [1.29, 1.82) is 0 Å². The number of hydrogen-bond donors (Lipinski definition) is 2. The third-order valence-electron chi connectivity index (χ3n) is 3.89. The van der Waals surface area contributed by atoms with Crippen LogP contribution in [-0.2, 0) is 4.79 Å². The van der Waals surface area contributed by atoms with Gasteiger partial charge in [-0.15, -0.1) is 0 Å². The average molecular weight is 256 g/mol. The zero-order chi connectivity index (χ0) is 13.5. The first-order valence-electron chi connectivity index (χ1n) is 7.03. The molecular formula is C13H28N4O. The first-order chi connectivity index (χ1) is 8.58. The van der Waals surface area contributed by atoms with Crippen LogP contribution in [0.15, 0.2) is 0 Å². The van der Waals surface area contributed by atoms with Gasteiger partial charge in [-0.05, 0) is 46.1 Å². The maximum atomic E-state index is 11.3. The smallest absolute Gasteiger partial charge is 0.235 e. The van der Waals surface area contributed by atoms with E-state index in [1.807, 2.05) is 6.92 Å². The summed E-state index contributed by atoms with van der Waals surface area (Å²) in [7, 11) is 2.10. The summed E-state index contributed by atoms with van der Waals surface area (Å²) in [5.41, 5.74) is 5.41. The minimum absolute atomic E-state index is 0.232. The van der Waals surface area contributed by atoms with E-state index < -0.39 is 0 Å². The highest BCUT2D eigenvalue weighted by Crippen LogP contribution is 2.15. The van der Waals surface area contributed by atoms with Crippen molar-refractivity contribution in [2.75, 3.05) is 39.8 Å². The molecule has 0 radical (unpaired) electrons. The number of primary amides is 1. The average Bonchev–Trinajstić information content (AvgIpc) is 2.38. The fourth-order valence-electron chi connectivity index (χ4n) is 2.61. The maximum absolute atomic E-state index is 11.3. The largest absolute Gasteiger partial charge is 0.368 e. The fraction of sp³-hybridized carbons (Fsp3) is 0.923. The van der Waals surface area contributed by atoms with E-state index in [1.54, 1.807) is 0 Å². The lowest BCUT2D eigenvalue weighted by Crippen LogP contribution is -2.52. The van der Waals surface area contributed by atoms with Gasteiger partial charge in [-0.3, -0.25) is 4.79 Å². The van der Waals surface area contributed by atoms with Gasteiger partial charge in [0.2, 0.25) is 5.91 Å². The molecule has 1 unspecified atom stereocenters. The minimum atomic E-state index is -0.255. The number of carbonyl (C=O) groups is 1. The van der Waals surface area contributed by atoms with Crippen LogP contribution in [0.25, 0.3) is 0 Å². The lowest BCUT2D eigenvalue weighted by Gasteiger charge is -2.37. The molecule has 1 aliphatic rings. The van der Waals surface area contributed by atoms with E-state index in [0.29, 0.717) is 12.6 Å². The van der Waals surface area contributed by atoms with E-state index in [9.17, 15) is 4.79 Å². The molecule has 1 atom stereocenters. The Labute approximate surface area is 111 Å². The van der Waals surface area contributed by atoms with Crippen LogP contribution in [0.4, 0.5) is 0 Å². The Kier molecular flexibility index (Phi) is 6.60. The molecule has 5 nitrogen and oxygen atoms in total. The van der Waals surface area contributed by atoms with Gasteiger partial charge in [0.1, 0.15) is 0 Å². The monoisotopic (exact) mass is 256 g/mol. The van der Waals surface area contributed by atoms with Crippen molar-refractivity contribution in [2.45, 2.75) is 38.8 Å². The second-order valence-corrected chi connectivity index (χ2v) is 5.12. The maximum Gasteiger partial charge on any atom is 0.235 e. The zero-order valence-corrected chi connectivity index (χ0v) is 12.0. The number of rotatable bonds is 7. The Bertz CT molecular complexity index is 251. The quantitative estimate of drug-likeness (QED) is 0.666. The van der Waals surface area contributed by atoms with Gasteiger partial charge in [0.05, 0.1) is 6.04 Å². The van der Waals surface area contributed by atoms with E-state index >= 15 is 0 Å². The molecule has 3 N–H and O–H groups in total. The summed E-state index contributed by atoms with van der Waals surface area (Å²) in [5, 5.41) is 3.15. The molecule has 0 aromatic carbocycles. The number of nitrogens with one attached hydrogen (secondary N) is 1.